The number of carboxylic acid groups (broad SMARTS) is 1. The van der Waals surface area contributed by atoms with Crippen molar-refractivity contribution in [1.29, 1.82) is 0 Å². The second kappa shape index (κ2) is 7.11. The average Bonchev–Trinajstić information content (AvgIpc) is 2.36. The summed E-state index contributed by atoms with van der Waals surface area (Å²) < 4.78 is 4.87. The number of aryl methyl sites for hydroxylation is 1. The molecule has 1 rings (SSSR count). The van der Waals surface area contributed by atoms with E-state index in [0.29, 0.717) is 10.6 Å². The third-order valence-corrected chi connectivity index (χ3v) is 3.00. The Balaban J connectivity index is 2.90. The van der Waals surface area contributed by atoms with E-state index in [-0.39, 0.29) is 25.6 Å². The molecule has 0 saturated heterocycles. The van der Waals surface area contributed by atoms with Gasteiger partial charge in [-0.2, -0.15) is 0 Å². The summed E-state index contributed by atoms with van der Waals surface area (Å²) in [7, 11) is 1.49. The van der Waals surface area contributed by atoms with Gasteiger partial charge < -0.3 is 14.7 Å². The van der Waals surface area contributed by atoms with Gasteiger partial charge in [-0.1, -0.05) is 17.7 Å². The molecule has 0 bridgehead atoms. The van der Waals surface area contributed by atoms with E-state index >= 15 is 0 Å². The first-order valence-electron chi connectivity index (χ1n) is 5.72. The second-order valence-corrected chi connectivity index (χ2v) is 4.48. The highest BCUT2D eigenvalue weighted by molar-refractivity contribution is 6.31. The first-order valence-corrected chi connectivity index (χ1v) is 6.09. The molecule has 1 aromatic carbocycles. The molecule has 0 saturated carbocycles. The van der Waals surface area contributed by atoms with Crippen molar-refractivity contribution in [2.24, 2.45) is 0 Å². The van der Waals surface area contributed by atoms with Gasteiger partial charge in [-0.15, -0.1) is 0 Å². The normalized spacial score (nSPS) is 10.3. The Kier molecular flexibility index (Phi) is 5.79. The Hall–Kier alpha value is -1.59. The predicted molar refractivity (Wildman–Crippen MR) is 71.6 cm³/mol. The quantitative estimate of drug-likeness (QED) is 0.866. The van der Waals surface area contributed by atoms with Crippen molar-refractivity contribution in [3.63, 3.8) is 0 Å². The molecular formula is C13H16ClNO4. The van der Waals surface area contributed by atoms with E-state index in [1.807, 2.05) is 6.92 Å². The van der Waals surface area contributed by atoms with Gasteiger partial charge in [-0.3, -0.25) is 9.59 Å². The van der Waals surface area contributed by atoms with Gasteiger partial charge >= 0.3 is 5.97 Å². The molecular weight excluding hydrogens is 270 g/mol. The summed E-state index contributed by atoms with van der Waals surface area (Å²) in [4.78, 5) is 24.2. The van der Waals surface area contributed by atoms with E-state index in [1.165, 1.54) is 12.0 Å². The number of carbonyl (C=O) groups excluding carboxylic acids is 1. The molecule has 104 valence electrons. The minimum absolute atomic E-state index is 0.215. The van der Waals surface area contributed by atoms with Crippen LogP contribution in [0.3, 0.4) is 0 Å². The summed E-state index contributed by atoms with van der Waals surface area (Å²) in [5, 5.41) is 9.30. The summed E-state index contributed by atoms with van der Waals surface area (Å²) in [6.45, 7) is 1.95. The van der Waals surface area contributed by atoms with Crippen molar-refractivity contribution in [1.82, 2.24) is 4.90 Å². The lowest BCUT2D eigenvalue weighted by atomic mass is 10.1. The van der Waals surface area contributed by atoms with Crippen LogP contribution in [-0.2, 0) is 9.53 Å². The van der Waals surface area contributed by atoms with Gasteiger partial charge in [0.25, 0.3) is 5.91 Å². The molecule has 0 heterocycles. The number of hydrogen-bond donors (Lipinski definition) is 1. The lowest BCUT2D eigenvalue weighted by Gasteiger charge is -2.20. The Bertz CT molecular complexity index is 476. The zero-order chi connectivity index (χ0) is 14.4. The van der Waals surface area contributed by atoms with Crippen LogP contribution in [0.5, 0.6) is 0 Å². The van der Waals surface area contributed by atoms with E-state index in [4.69, 9.17) is 21.4 Å². The molecule has 0 fully saturated rings. The number of halogens is 1. The summed E-state index contributed by atoms with van der Waals surface area (Å²) in [6, 6.07) is 4.90. The highest BCUT2D eigenvalue weighted by Crippen LogP contribution is 2.17. The third-order valence-electron chi connectivity index (χ3n) is 2.60. The standard InChI is InChI=1S/C13H16ClNO4/c1-9-3-4-10(7-11(9)14)13(18)15(5-6-19-2)8-12(16)17/h3-4,7H,5-6,8H2,1-2H3,(H,16,17). The maximum Gasteiger partial charge on any atom is 0.323 e. The molecule has 1 amide bonds. The molecule has 0 aliphatic heterocycles. The van der Waals surface area contributed by atoms with E-state index in [9.17, 15) is 9.59 Å². The van der Waals surface area contributed by atoms with Gasteiger partial charge in [0.1, 0.15) is 6.54 Å². The largest absolute Gasteiger partial charge is 0.480 e. The number of carboxylic acids is 1. The molecule has 0 unspecified atom stereocenters. The lowest BCUT2D eigenvalue weighted by molar-refractivity contribution is -0.137. The van der Waals surface area contributed by atoms with Gasteiger partial charge in [-0.05, 0) is 24.6 Å². The summed E-state index contributed by atoms with van der Waals surface area (Å²) in [6.07, 6.45) is 0. The Morgan fingerprint density at radius 3 is 2.63 bits per heavy atom. The molecule has 0 atom stereocenters. The summed E-state index contributed by atoms with van der Waals surface area (Å²) in [5.74, 6) is -1.44. The number of ether oxygens (including phenoxy) is 1. The number of aliphatic carboxylic acids is 1. The molecule has 1 aromatic rings. The first-order chi connectivity index (χ1) is 8.95. The van der Waals surface area contributed by atoms with Crippen LogP contribution >= 0.6 is 11.6 Å². The lowest BCUT2D eigenvalue weighted by Crippen LogP contribution is -2.38. The van der Waals surface area contributed by atoms with Crippen molar-refractivity contribution in [2.45, 2.75) is 6.92 Å². The Morgan fingerprint density at radius 2 is 2.11 bits per heavy atom. The van der Waals surface area contributed by atoms with Crippen molar-refractivity contribution in [3.8, 4) is 0 Å². The first kappa shape index (κ1) is 15.5. The summed E-state index contributed by atoms with van der Waals surface area (Å²) >= 11 is 5.96. The van der Waals surface area contributed by atoms with Crippen molar-refractivity contribution in [3.05, 3.63) is 34.3 Å². The number of hydrogen-bond acceptors (Lipinski definition) is 3. The maximum atomic E-state index is 12.2. The molecule has 5 nitrogen and oxygen atoms in total. The monoisotopic (exact) mass is 285 g/mol. The number of rotatable bonds is 6. The van der Waals surface area contributed by atoms with Crippen LogP contribution in [0, 0.1) is 6.92 Å². The van der Waals surface area contributed by atoms with Crippen molar-refractivity contribution < 1.29 is 19.4 Å². The zero-order valence-corrected chi connectivity index (χ0v) is 11.6. The number of carbonyl (C=O) groups is 2. The SMILES string of the molecule is COCCN(CC(=O)O)C(=O)c1ccc(C)c(Cl)c1. The van der Waals surface area contributed by atoms with E-state index in [1.54, 1.807) is 18.2 Å². The van der Waals surface area contributed by atoms with Gasteiger partial charge in [0.05, 0.1) is 6.61 Å². The molecule has 0 aliphatic carbocycles. The van der Waals surface area contributed by atoms with Crippen molar-refractivity contribution >= 4 is 23.5 Å². The molecule has 1 N–H and O–H groups in total. The van der Waals surface area contributed by atoms with Crippen LogP contribution < -0.4 is 0 Å². The summed E-state index contributed by atoms with van der Waals surface area (Å²) in [5.41, 5.74) is 1.23. The van der Waals surface area contributed by atoms with Crippen molar-refractivity contribution in [2.75, 3.05) is 26.8 Å². The van der Waals surface area contributed by atoms with Crippen LogP contribution in [0.15, 0.2) is 18.2 Å². The smallest absolute Gasteiger partial charge is 0.323 e. The predicted octanol–water partition coefficient (Wildman–Crippen LogP) is 1.82. The minimum Gasteiger partial charge on any atom is -0.480 e. The maximum absolute atomic E-state index is 12.2. The van der Waals surface area contributed by atoms with Crippen LogP contribution in [0.25, 0.3) is 0 Å². The number of benzene rings is 1. The number of nitrogens with zero attached hydrogens (tertiary/aromatic N) is 1. The fourth-order valence-electron chi connectivity index (χ4n) is 1.53. The minimum atomic E-state index is -1.07. The van der Waals surface area contributed by atoms with Crippen LogP contribution in [0.2, 0.25) is 5.02 Å². The zero-order valence-electron chi connectivity index (χ0n) is 10.9. The Morgan fingerprint density at radius 1 is 1.42 bits per heavy atom. The number of amides is 1. The average molecular weight is 286 g/mol. The molecule has 0 radical (unpaired) electrons. The van der Waals surface area contributed by atoms with Crippen LogP contribution in [0.1, 0.15) is 15.9 Å². The molecule has 0 aliphatic rings. The molecule has 0 aromatic heterocycles. The van der Waals surface area contributed by atoms with Gasteiger partial charge in [-0.25, -0.2) is 0 Å². The molecule has 19 heavy (non-hydrogen) atoms. The van der Waals surface area contributed by atoms with E-state index in [2.05, 4.69) is 0 Å². The molecule has 6 heteroatoms. The fraction of sp³-hybridized carbons (Fsp3) is 0.385. The highest BCUT2D eigenvalue weighted by Gasteiger charge is 2.18. The topological polar surface area (TPSA) is 66.8 Å². The van der Waals surface area contributed by atoms with Gasteiger partial charge in [0.15, 0.2) is 0 Å². The van der Waals surface area contributed by atoms with E-state index in [0.717, 1.165) is 5.56 Å². The van der Waals surface area contributed by atoms with Gasteiger partial charge in [0, 0.05) is 24.2 Å². The van der Waals surface area contributed by atoms with Crippen LogP contribution in [-0.4, -0.2) is 48.7 Å². The van der Waals surface area contributed by atoms with E-state index < -0.39 is 5.97 Å². The molecule has 0 spiro atoms. The third kappa shape index (κ3) is 4.54. The van der Waals surface area contributed by atoms with Gasteiger partial charge in [0.2, 0.25) is 0 Å². The Labute approximate surface area is 116 Å². The fourth-order valence-corrected chi connectivity index (χ4v) is 1.71. The number of methoxy groups -OCH3 is 1. The second-order valence-electron chi connectivity index (χ2n) is 4.08. The van der Waals surface area contributed by atoms with Crippen LogP contribution in [0.4, 0.5) is 0 Å². The highest BCUT2D eigenvalue weighted by atomic mass is 35.5.